The third kappa shape index (κ3) is 4.27. The second-order valence-corrected chi connectivity index (χ2v) is 14.9. The molecule has 0 fully saturated rings. The third-order valence-electron chi connectivity index (χ3n) is 12.0. The van der Waals surface area contributed by atoms with Crippen molar-refractivity contribution in [2.24, 2.45) is 0 Å². The Morgan fingerprint density at radius 2 is 0.759 bits per heavy atom. The molecule has 250 valence electrons. The maximum atomic E-state index is 3.69. The van der Waals surface area contributed by atoms with Crippen LogP contribution in [0.25, 0.3) is 111 Å². The molecule has 0 aromatic heterocycles. The Morgan fingerprint density at radius 1 is 0.315 bits per heavy atom. The fourth-order valence-electron chi connectivity index (χ4n) is 9.51. The lowest BCUT2D eigenvalue weighted by molar-refractivity contribution is 0.879. The van der Waals surface area contributed by atoms with E-state index in [9.17, 15) is 0 Å². The third-order valence-corrected chi connectivity index (χ3v) is 12.0. The zero-order valence-electron chi connectivity index (χ0n) is 29.5. The van der Waals surface area contributed by atoms with Crippen LogP contribution in [-0.4, -0.2) is 0 Å². The Bertz CT molecular complexity index is 2890. The van der Waals surface area contributed by atoms with Gasteiger partial charge in [-0.2, -0.15) is 0 Å². The van der Waals surface area contributed by atoms with Crippen LogP contribution in [-0.2, 0) is 6.54 Å². The Hall–Kier alpha value is -6.96. The van der Waals surface area contributed by atoms with Gasteiger partial charge in [0, 0.05) is 12.2 Å². The van der Waals surface area contributed by atoms with Gasteiger partial charge in [0.15, 0.2) is 0 Å². The van der Waals surface area contributed by atoms with Gasteiger partial charge in [0.1, 0.15) is 0 Å². The molecule has 1 aliphatic heterocycles. The van der Waals surface area contributed by atoms with Gasteiger partial charge in [-0.05, 0) is 146 Å². The van der Waals surface area contributed by atoms with Crippen LogP contribution in [0.5, 0.6) is 0 Å². The van der Waals surface area contributed by atoms with Crippen molar-refractivity contribution < 1.29 is 0 Å². The molecule has 12 rings (SSSR count). The Labute approximate surface area is 314 Å². The standard InChI is InChI=1S/C53H33N/c1-2-11-35-31-54-51(30-33(35)10-1)34-13-7-12-32(26-34)36-27-37(39-22-24-49-43-16-5-3-14-41(43)47-20-8-18-45(39)52(47)49)29-38(28-36)40-23-25-50-44-17-6-4-15-42(44)48-21-9-19-46(40)53(48)50/h1-30,54H,31H2. The molecule has 2 aliphatic carbocycles. The minimum atomic E-state index is 0.829. The molecule has 0 atom stereocenters. The molecule has 0 spiro atoms. The molecule has 0 bridgehead atoms. The summed E-state index contributed by atoms with van der Waals surface area (Å²) in [6.45, 7) is 0.829. The summed E-state index contributed by atoms with van der Waals surface area (Å²) in [7, 11) is 0. The highest BCUT2D eigenvalue weighted by atomic mass is 14.9. The van der Waals surface area contributed by atoms with Crippen molar-refractivity contribution in [1.82, 2.24) is 5.32 Å². The van der Waals surface area contributed by atoms with Crippen molar-refractivity contribution in [2.75, 3.05) is 0 Å². The summed E-state index contributed by atoms with van der Waals surface area (Å²) in [4.78, 5) is 0. The number of hydrogen-bond donors (Lipinski definition) is 1. The first-order valence-corrected chi connectivity index (χ1v) is 18.9. The van der Waals surface area contributed by atoms with E-state index in [0.29, 0.717) is 0 Å². The fraction of sp³-hybridized carbons (Fsp3) is 0.0189. The Morgan fingerprint density at radius 3 is 1.37 bits per heavy atom. The lowest BCUT2D eigenvalue weighted by Crippen LogP contribution is -2.16. The summed E-state index contributed by atoms with van der Waals surface area (Å²) < 4.78 is 0. The monoisotopic (exact) mass is 683 g/mol. The van der Waals surface area contributed by atoms with Crippen LogP contribution in [0.4, 0.5) is 0 Å². The van der Waals surface area contributed by atoms with E-state index >= 15 is 0 Å². The molecule has 0 radical (unpaired) electrons. The van der Waals surface area contributed by atoms with E-state index in [-0.39, 0.29) is 0 Å². The van der Waals surface area contributed by atoms with Crippen LogP contribution < -0.4 is 5.32 Å². The Kier molecular flexibility index (Phi) is 6.18. The van der Waals surface area contributed by atoms with Gasteiger partial charge in [0.25, 0.3) is 0 Å². The molecular weight excluding hydrogens is 651 g/mol. The average Bonchev–Trinajstić information content (AvgIpc) is 3.75. The van der Waals surface area contributed by atoms with E-state index in [2.05, 4.69) is 187 Å². The van der Waals surface area contributed by atoms with E-state index in [1.807, 2.05) is 0 Å². The van der Waals surface area contributed by atoms with E-state index in [1.165, 1.54) is 116 Å². The van der Waals surface area contributed by atoms with Crippen LogP contribution in [0.3, 0.4) is 0 Å². The zero-order valence-corrected chi connectivity index (χ0v) is 29.5. The lowest BCUT2D eigenvalue weighted by Gasteiger charge is -2.20. The summed E-state index contributed by atoms with van der Waals surface area (Å²) >= 11 is 0. The summed E-state index contributed by atoms with van der Waals surface area (Å²) in [6, 6.07) is 65.6. The molecule has 0 unspecified atom stereocenters. The molecule has 54 heavy (non-hydrogen) atoms. The highest BCUT2D eigenvalue weighted by Crippen LogP contribution is 2.52. The van der Waals surface area contributed by atoms with Gasteiger partial charge in [-0.3, -0.25) is 0 Å². The average molecular weight is 684 g/mol. The molecule has 1 N–H and O–H groups in total. The van der Waals surface area contributed by atoms with Crippen molar-refractivity contribution in [3.8, 4) is 77.9 Å². The van der Waals surface area contributed by atoms with Crippen molar-refractivity contribution in [1.29, 1.82) is 0 Å². The number of fused-ring (bicyclic) bond motifs is 7. The largest absolute Gasteiger partial charge is 0.380 e. The van der Waals surface area contributed by atoms with Crippen molar-refractivity contribution >= 4 is 33.3 Å². The topological polar surface area (TPSA) is 12.0 Å². The predicted octanol–water partition coefficient (Wildman–Crippen LogP) is 13.9. The first-order chi connectivity index (χ1) is 26.8. The molecule has 1 heterocycles. The molecule has 1 heteroatoms. The molecule has 1 nitrogen and oxygen atoms in total. The van der Waals surface area contributed by atoms with E-state index in [1.54, 1.807) is 0 Å². The highest BCUT2D eigenvalue weighted by molar-refractivity contribution is 6.20. The second-order valence-electron chi connectivity index (χ2n) is 14.9. The Balaban J connectivity index is 1.08. The first kappa shape index (κ1) is 29.6. The quantitative estimate of drug-likeness (QED) is 0.195. The lowest BCUT2D eigenvalue weighted by atomic mass is 9.87. The van der Waals surface area contributed by atoms with Gasteiger partial charge in [-0.15, -0.1) is 0 Å². The molecule has 0 amide bonds. The number of benzene rings is 9. The number of rotatable bonds is 4. The van der Waals surface area contributed by atoms with Gasteiger partial charge >= 0.3 is 0 Å². The summed E-state index contributed by atoms with van der Waals surface area (Å²) in [5.74, 6) is 0. The van der Waals surface area contributed by atoms with Gasteiger partial charge in [0.05, 0.1) is 0 Å². The minimum absolute atomic E-state index is 0.829. The molecule has 3 aliphatic rings. The van der Waals surface area contributed by atoms with Crippen LogP contribution in [0.2, 0.25) is 0 Å². The molecule has 9 aromatic rings. The van der Waals surface area contributed by atoms with Crippen molar-refractivity contribution in [2.45, 2.75) is 6.54 Å². The van der Waals surface area contributed by atoms with Crippen LogP contribution in [0, 0.1) is 0 Å². The van der Waals surface area contributed by atoms with E-state index < -0.39 is 0 Å². The molecule has 0 saturated carbocycles. The maximum absolute atomic E-state index is 3.69. The molecule has 0 saturated heterocycles. The van der Waals surface area contributed by atoms with E-state index in [4.69, 9.17) is 0 Å². The van der Waals surface area contributed by atoms with Crippen LogP contribution >= 0.6 is 0 Å². The van der Waals surface area contributed by atoms with Gasteiger partial charge in [-0.1, -0.05) is 152 Å². The van der Waals surface area contributed by atoms with Crippen LogP contribution in [0.15, 0.2) is 176 Å². The fourth-order valence-corrected chi connectivity index (χ4v) is 9.51. The smallest absolute Gasteiger partial charge is 0.0422 e. The maximum Gasteiger partial charge on any atom is 0.0422 e. The minimum Gasteiger partial charge on any atom is -0.380 e. The normalized spacial score (nSPS) is 13.0. The first-order valence-electron chi connectivity index (χ1n) is 18.9. The van der Waals surface area contributed by atoms with Gasteiger partial charge < -0.3 is 5.32 Å². The SMILES string of the molecule is C1=C(c2cccc(-c3cc(-c4ccc5c6c(cccc46)-c4ccccc4-5)cc(-c4ccc5c6c(cccc46)-c4ccccc4-5)c3)c2)NCc2ccccc21. The van der Waals surface area contributed by atoms with Crippen molar-refractivity contribution in [3.05, 3.63) is 193 Å². The van der Waals surface area contributed by atoms with Gasteiger partial charge in [-0.25, -0.2) is 0 Å². The summed E-state index contributed by atoms with van der Waals surface area (Å²) in [5, 5.41) is 8.99. The zero-order chi connectivity index (χ0) is 35.3. The highest BCUT2D eigenvalue weighted by Gasteiger charge is 2.25. The number of nitrogens with one attached hydrogen (secondary N) is 1. The number of hydrogen-bond acceptors (Lipinski definition) is 1. The van der Waals surface area contributed by atoms with Crippen LogP contribution in [0.1, 0.15) is 16.7 Å². The second kappa shape index (κ2) is 11.3. The molecular formula is C53H33N. The van der Waals surface area contributed by atoms with Crippen molar-refractivity contribution in [3.63, 3.8) is 0 Å². The summed E-state index contributed by atoms with van der Waals surface area (Å²) in [5.41, 5.74) is 22.9. The van der Waals surface area contributed by atoms with E-state index in [0.717, 1.165) is 12.2 Å². The molecule has 9 aromatic carbocycles. The predicted molar refractivity (Wildman–Crippen MR) is 228 cm³/mol. The summed E-state index contributed by atoms with van der Waals surface area (Å²) in [6.07, 6.45) is 2.29. The van der Waals surface area contributed by atoms with Gasteiger partial charge in [0.2, 0.25) is 0 Å².